The molecule has 1 aliphatic heterocycles. The van der Waals surface area contributed by atoms with Gasteiger partial charge in [0.15, 0.2) is 17.2 Å². The van der Waals surface area contributed by atoms with E-state index < -0.39 is 17.8 Å². The molecule has 0 aromatic carbocycles. The molecule has 0 saturated heterocycles. The molecular formula is C14H12F3N7O. The van der Waals surface area contributed by atoms with Gasteiger partial charge in [-0.3, -0.25) is 15.0 Å². The smallest absolute Gasteiger partial charge is 0.311 e. The van der Waals surface area contributed by atoms with Gasteiger partial charge in [0, 0.05) is 12.1 Å². The summed E-state index contributed by atoms with van der Waals surface area (Å²) < 4.78 is 38.1. The summed E-state index contributed by atoms with van der Waals surface area (Å²) in [5.74, 6) is -0.375. The maximum absolute atomic E-state index is 12.7. The van der Waals surface area contributed by atoms with Gasteiger partial charge in [-0.15, -0.1) is 0 Å². The van der Waals surface area contributed by atoms with Crippen LogP contribution in [0.25, 0.3) is 11.0 Å². The highest BCUT2D eigenvalue weighted by atomic mass is 19.4. The van der Waals surface area contributed by atoms with E-state index in [4.69, 9.17) is 0 Å². The summed E-state index contributed by atoms with van der Waals surface area (Å²) in [5, 5.41) is 19.1. The number of nitrogens with zero attached hydrogens (tertiary/aromatic N) is 3. The number of carbonyl (C=O) groups excluding carboxylic acids is 1. The first-order valence-corrected chi connectivity index (χ1v) is 7.44. The zero-order valence-electron chi connectivity index (χ0n) is 12.7. The van der Waals surface area contributed by atoms with Crippen molar-refractivity contribution in [3.8, 4) is 0 Å². The van der Waals surface area contributed by atoms with Crippen molar-refractivity contribution in [2.75, 3.05) is 11.9 Å². The van der Waals surface area contributed by atoms with E-state index in [0.29, 0.717) is 13.0 Å². The van der Waals surface area contributed by atoms with Crippen LogP contribution in [0.3, 0.4) is 0 Å². The first-order chi connectivity index (χ1) is 11.9. The van der Waals surface area contributed by atoms with Crippen molar-refractivity contribution in [2.45, 2.75) is 19.1 Å². The number of H-pyrrole nitrogens is 2. The third-order valence-corrected chi connectivity index (χ3v) is 3.97. The molecule has 4 N–H and O–H groups in total. The zero-order valence-corrected chi connectivity index (χ0v) is 12.7. The first kappa shape index (κ1) is 15.6. The molecule has 0 spiro atoms. The van der Waals surface area contributed by atoms with Gasteiger partial charge >= 0.3 is 6.18 Å². The van der Waals surface area contributed by atoms with Crippen molar-refractivity contribution in [3.63, 3.8) is 0 Å². The van der Waals surface area contributed by atoms with Crippen LogP contribution in [0.5, 0.6) is 0 Å². The van der Waals surface area contributed by atoms with Crippen LogP contribution in [0.15, 0.2) is 12.1 Å². The number of aromatic amines is 2. The second-order valence-electron chi connectivity index (χ2n) is 5.57. The molecule has 4 heterocycles. The molecule has 25 heavy (non-hydrogen) atoms. The monoisotopic (exact) mass is 351 g/mol. The second kappa shape index (κ2) is 5.55. The van der Waals surface area contributed by atoms with E-state index in [9.17, 15) is 18.0 Å². The SMILES string of the molecule is O=C(Nc1n[nH]c2nc(C(F)(F)F)ccc12)c1n[nH]c2c1CCNC2. The van der Waals surface area contributed by atoms with Crippen LogP contribution in [0.1, 0.15) is 27.4 Å². The van der Waals surface area contributed by atoms with Crippen LogP contribution in [0.4, 0.5) is 19.0 Å². The Bertz CT molecular complexity index is 959. The molecule has 0 bridgehead atoms. The van der Waals surface area contributed by atoms with E-state index in [2.05, 4.69) is 36.0 Å². The highest BCUT2D eigenvalue weighted by Crippen LogP contribution is 2.30. The lowest BCUT2D eigenvalue weighted by Gasteiger charge is -2.12. The van der Waals surface area contributed by atoms with E-state index in [-0.39, 0.29) is 22.5 Å². The fourth-order valence-electron chi connectivity index (χ4n) is 2.76. The predicted octanol–water partition coefficient (Wildman–Crippen LogP) is 1.60. The lowest BCUT2D eigenvalue weighted by Crippen LogP contribution is -2.25. The average Bonchev–Trinajstić information content (AvgIpc) is 3.18. The Morgan fingerprint density at radius 1 is 1.20 bits per heavy atom. The molecule has 1 amide bonds. The van der Waals surface area contributed by atoms with Crippen molar-refractivity contribution < 1.29 is 18.0 Å². The number of anilines is 1. The third kappa shape index (κ3) is 2.71. The number of hydrogen-bond acceptors (Lipinski definition) is 5. The highest BCUT2D eigenvalue weighted by Gasteiger charge is 2.33. The van der Waals surface area contributed by atoms with Crippen molar-refractivity contribution in [2.24, 2.45) is 0 Å². The Labute approximate surface area is 138 Å². The largest absolute Gasteiger partial charge is 0.433 e. The minimum atomic E-state index is -4.55. The summed E-state index contributed by atoms with van der Waals surface area (Å²) in [4.78, 5) is 15.9. The van der Waals surface area contributed by atoms with Crippen LogP contribution < -0.4 is 10.6 Å². The molecule has 0 saturated carbocycles. The molecule has 3 aromatic heterocycles. The minimum Gasteiger partial charge on any atom is -0.311 e. The van der Waals surface area contributed by atoms with Gasteiger partial charge in [-0.2, -0.15) is 23.4 Å². The number of halogens is 3. The molecule has 0 fully saturated rings. The maximum Gasteiger partial charge on any atom is 0.433 e. The van der Waals surface area contributed by atoms with Gasteiger partial charge in [-0.25, -0.2) is 4.98 Å². The lowest BCUT2D eigenvalue weighted by atomic mass is 10.1. The number of rotatable bonds is 2. The first-order valence-electron chi connectivity index (χ1n) is 7.44. The number of nitrogens with one attached hydrogen (secondary N) is 4. The Morgan fingerprint density at radius 2 is 2.04 bits per heavy atom. The van der Waals surface area contributed by atoms with Gasteiger partial charge in [0.25, 0.3) is 5.91 Å². The summed E-state index contributed by atoms with van der Waals surface area (Å²) in [6, 6.07) is 2.06. The second-order valence-corrected chi connectivity index (χ2v) is 5.57. The van der Waals surface area contributed by atoms with Crippen molar-refractivity contribution in [1.82, 2.24) is 30.7 Å². The molecule has 4 rings (SSSR count). The van der Waals surface area contributed by atoms with Crippen molar-refractivity contribution in [3.05, 3.63) is 34.8 Å². The number of alkyl halides is 3. The standard InChI is InChI=1S/C14H12F3N7O/c15-14(16,17)9-2-1-7-11(19-9)23-24-12(7)20-13(25)10-6-3-4-18-5-8(6)21-22-10/h1-2,18H,3-5H2,(H,21,22)(H2,19,20,23,24,25). The van der Waals surface area contributed by atoms with E-state index in [1.165, 1.54) is 6.07 Å². The Hall–Kier alpha value is -2.95. The van der Waals surface area contributed by atoms with Gasteiger partial charge in [0.2, 0.25) is 0 Å². The van der Waals surface area contributed by atoms with Gasteiger partial charge in [0.05, 0.1) is 11.1 Å². The number of aromatic nitrogens is 5. The molecule has 11 heteroatoms. The molecule has 0 atom stereocenters. The molecule has 0 aliphatic carbocycles. The number of fused-ring (bicyclic) bond motifs is 2. The van der Waals surface area contributed by atoms with Crippen LogP contribution in [0, 0.1) is 0 Å². The third-order valence-electron chi connectivity index (χ3n) is 3.97. The van der Waals surface area contributed by atoms with Crippen LogP contribution in [0.2, 0.25) is 0 Å². The average molecular weight is 351 g/mol. The van der Waals surface area contributed by atoms with Crippen LogP contribution in [-0.4, -0.2) is 37.8 Å². The van der Waals surface area contributed by atoms with Gasteiger partial charge in [-0.1, -0.05) is 0 Å². The fraction of sp³-hybridized carbons (Fsp3) is 0.286. The van der Waals surface area contributed by atoms with E-state index in [1.54, 1.807) is 0 Å². The van der Waals surface area contributed by atoms with Crippen molar-refractivity contribution in [1.29, 1.82) is 0 Å². The van der Waals surface area contributed by atoms with E-state index in [1.807, 2.05) is 0 Å². The quantitative estimate of drug-likeness (QED) is 0.560. The summed E-state index contributed by atoms with van der Waals surface area (Å²) in [6.45, 7) is 1.34. The van der Waals surface area contributed by atoms with Crippen LogP contribution in [-0.2, 0) is 19.1 Å². The molecule has 8 nitrogen and oxygen atoms in total. The van der Waals surface area contributed by atoms with Crippen LogP contribution >= 0.6 is 0 Å². The topological polar surface area (TPSA) is 111 Å². The molecule has 0 unspecified atom stereocenters. The summed E-state index contributed by atoms with van der Waals surface area (Å²) in [6.07, 6.45) is -3.89. The normalized spacial score (nSPS) is 14.5. The summed E-state index contributed by atoms with van der Waals surface area (Å²) in [5.41, 5.74) is 0.842. The molecular weight excluding hydrogens is 339 g/mol. The Kier molecular flexibility index (Phi) is 3.46. The number of carbonyl (C=O) groups is 1. The lowest BCUT2D eigenvalue weighted by molar-refractivity contribution is -0.141. The van der Waals surface area contributed by atoms with Crippen molar-refractivity contribution >= 4 is 22.8 Å². The fourth-order valence-corrected chi connectivity index (χ4v) is 2.76. The molecule has 130 valence electrons. The number of pyridine rings is 1. The Balaban J connectivity index is 1.62. The van der Waals surface area contributed by atoms with Gasteiger partial charge < -0.3 is 10.6 Å². The predicted molar refractivity (Wildman–Crippen MR) is 80.8 cm³/mol. The molecule has 0 radical (unpaired) electrons. The Morgan fingerprint density at radius 3 is 2.84 bits per heavy atom. The number of amides is 1. The highest BCUT2D eigenvalue weighted by molar-refractivity contribution is 6.07. The van der Waals surface area contributed by atoms with Gasteiger partial charge in [-0.05, 0) is 25.1 Å². The maximum atomic E-state index is 12.7. The summed E-state index contributed by atoms with van der Waals surface area (Å²) >= 11 is 0. The van der Waals surface area contributed by atoms with E-state index in [0.717, 1.165) is 23.9 Å². The summed E-state index contributed by atoms with van der Waals surface area (Å²) in [7, 11) is 0. The van der Waals surface area contributed by atoms with Gasteiger partial charge in [0.1, 0.15) is 5.69 Å². The zero-order chi connectivity index (χ0) is 17.6. The molecule has 1 aliphatic rings. The van der Waals surface area contributed by atoms with E-state index >= 15 is 0 Å². The molecule has 3 aromatic rings. The number of hydrogen-bond donors (Lipinski definition) is 4. The minimum absolute atomic E-state index is 0.0571.